The summed E-state index contributed by atoms with van der Waals surface area (Å²) in [6.45, 7) is 2.61. The summed E-state index contributed by atoms with van der Waals surface area (Å²) in [5, 5.41) is 7.34. The molecule has 0 fully saturated rings. The van der Waals surface area contributed by atoms with Gasteiger partial charge in [0.05, 0.1) is 15.7 Å². The summed E-state index contributed by atoms with van der Waals surface area (Å²) in [6.07, 6.45) is 4.72. The Morgan fingerprint density at radius 3 is 2.69 bits per heavy atom. The Balaban J connectivity index is 1.39. The predicted octanol–water partition coefficient (Wildman–Crippen LogP) is 4.96. The highest BCUT2D eigenvalue weighted by Crippen LogP contribution is 2.37. The van der Waals surface area contributed by atoms with Gasteiger partial charge < -0.3 is 20.3 Å². The van der Waals surface area contributed by atoms with Gasteiger partial charge in [-0.1, -0.05) is 41.4 Å². The first-order valence-corrected chi connectivity index (χ1v) is 12.4. The van der Waals surface area contributed by atoms with Crippen LogP contribution in [0.3, 0.4) is 0 Å². The maximum Gasteiger partial charge on any atom is 0.268 e. The van der Waals surface area contributed by atoms with Gasteiger partial charge in [-0.15, -0.1) is 0 Å². The second kappa shape index (κ2) is 10.4. The number of nitrogens with one attached hydrogen (secondary N) is 2. The third kappa shape index (κ3) is 5.03. The first kappa shape index (κ1) is 24.5. The zero-order valence-electron chi connectivity index (χ0n) is 20.0. The molecule has 1 amide bonds. The molecule has 0 spiro atoms. The van der Waals surface area contributed by atoms with Crippen LogP contribution in [0.1, 0.15) is 27.9 Å². The van der Waals surface area contributed by atoms with Gasteiger partial charge in [0.25, 0.3) is 5.91 Å². The fourth-order valence-corrected chi connectivity index (χ4v) is 4.98. The fourth-order valence-electron chi connectivity index (χ4n) is 4.38. The molecule has 3 aromatic rings. The van der Waals surface area contributed by atoms with Gasteiger partial charge in [-0.3, -0.25) is 9.69 Å². The van der Waals surface area contributed by atoms with E-state index in [0.717, 1.165) is 31.7 Å². The van der Waals surface area contributed by atoms with Crippen molar-refractivity contribution < 1.29 is 9.53 Å². The van der Waals surface area contributed by atoms with Gasteiger partial charge in [0.15, 0.2) is 6.73 Å². The molecule has 0 atom stereocenters. The molecule has 0 saturated heterocycles. The zero-order chi connectivity index (χ0) is 25.2. The first-order valence-electron chi connectivity index (χ1n) is 11.6. The lowest BCUT2D eigenvalue weighted by Gasteiger charge is -2.29. The van der Waals surface area contributed by atoms with Gasteiger partial charge in [0, 0.05) is 25.0 Å². The van der Waals surface area contributed by atoms with Crippen LogP contribution < -0.4 is 20.3 Å². The summed E-state index contributed by atoms with van der Waals surface area (Å²) in [4.78, 5) is 25.5. The molecule has 2 aliphatic heterocycles. The number of rotatable bonds is 6. The molecule has 3 heterocycles. The molecule has 5 rings (SSSR count). The molecule has 36 heavy (non-hydrogen) atoms. The number of amides is 1. The number of anilines is 3. The van der Waals surface area contributed by atoms with Gasteiger partial charge in [-0.05, 0) is 68.0 Å². The van der Waals surface area contributed by atoms with E-state index >= 15 is 0 Å². The van der Waals surface area contributed by atoms with Gasteiger partial charge >= 0.3 is 0 Å². The highest BCUT2D eigenvalue weighted by molar-refractivity contribution is 6.40. The van der Waals surface area contributed by atoms with E-state index in [1.165, 1.54) is 27.8 Å². The number of halogens is 2. The number of carbonyl (C=O) groups excluding carboxylic acids is 1. The Bertz CT molecular complexity index is 1320. The van der Waals surface area contributed by atoms with Crippen LogP contribution >= 0.6 is 23.2 Å². The summed E-state index contributed by atoms with van der Waals surface area (Å²) in [6, 6.07) is 11.3. The maximum atomic E-state index is 13.1. The summed E-state index contributed by atoms with van der Waals surface area (Å²) in [5.74, 6) is 0.225. The number of carbonyl (C=O) groups is 1. The van der Waals surface area contributed by atoms with Gasteiger partial charge in [0.1, 0.15) is 5.56 Å². The van der Waals surface area contributed by atoms with Crippen molar-refractivity contribution in [1.82, 2.24) is 20.2 Å². The molecule has 10 heteroatoms. The normalized spacial score (nSPS) is 15.4. The van der Waals surface area contributed by atoms with Crippen molar-refractivity contribution in [3.63, 3.8) is 0 Å². The Morgan fingerprint density at radius 1 is 1.17 bits per heavy atom. The highest BCUT2D eigenvalue weighted by Gasteiger charge is 2.31. The predicted molar refractivity (Wildman–Crippen MR) is 143 cm³/mol. The van der Waals surface area contributed by atoms with E-state index in [-0.39, 0.29) is 24.1 Å². The molecule has 2 N–H and O–H groups in total. The molecular weight excluding hydrogens is 499 g/mol. The average molecular weight is 525 g/mol. The molecular formula is C26H26Cl2N6O2. The Hall–Kier alpha value is -3.17. The summed E-state index contributed by atoms with van der Waals surface area (Å²) in [5.41, 5.74) is 5.33. The lowest BCUT2D eigenvalue weighted by atomic mass is 9.94. The van der Waals surface area contributed by atoms with E-state index in [9.17, 15) is 4.79 Å². The number of hydrogen-bond donors (Lipinski definition) is 2. The van der Waals surface area contributed by atoms with Crippen molar-refractivity contribution in [1.29, 1.82) is 0 Å². The van der Waals surface area contributed by atoms with E-state index < -0.39 is 0 Å². The third-order valence-corrected chi connectivity index (χ3v) is 6.63. The van der Waals surface area contributed by atoms with Crippen molar-refractivity contribution in [3.8, 4) is 5.88 Å². The van der Waals surface area contributed by atoms with Crippen LogP contribution in [-0.2, 0) is 6.54 Å². The van der Waals surface area contributed by atoms with E-state index in [4.69, 9.17) is 27.9 Å². The smallest absolute Gasteiger partial charge is 0.268 e. The first-order chi connectivity index (χ1) is 17.4. The van der Waals surface area contributed by atoms with Gasteiger partial charge in [-0.2, -0.15) is 4.98 Å². The number of nitrogens with zero attached hydrogens (tertiary/aromatic N) is 4. The van der Waals surface area contributed by atoms with Crippen molar-refractivity contribution in [2.45, 2.75) is 13.0 Å². The number of ether oxygens (including phenoxy) is 1. The summed E-state index contributed by atoms with van der Waals surface area (Å²) < 4.78 is 5.80. The van der Waals surface area contributed by atoms with Crippen molar-refractivity contribution in [2.75, 3.05) is 44.1 Å². The van der Waals surface area contributed by atoms with E-state index in [2.05, 4.69) is 57.8 Å². The molecule has 2 aliphatic rings. The van der Waals surface area contributed by atoms with Crippen molar-refractivity contribution in [3.05, 3.63) is 75.4 Å². The van der Waals surface area contributed by atoms with Crippen LogP contribution in [0.15, 0.2) is 48.7 Å². The van der Waals surface area contributed by atoms with Gasteiger partial charge in [0.2, 0.25) is 11.8 Å². The van der Waals surface area contributed by atoms with Crippen LogP contribution in [0.2, 0.25) is 10.0 Å². The minimum absolute atomic E-state index is 0.0581. The molecule has 186 valence electrons. The SMILES string of the molecule is CN(C)Cc1cc(Nc2ncc3c(n2)OCN(c2c(Cl)cccc2Cl)C3=O)ccc1C1=CCNCC1. The molecule has 0 saturated carbocycles. The Morgan fingerprint density at radius 2 is 1.97 bits per heavy atom. The van der Waals surface area contributed by atoms with Crippen LogP contribution in [0.4, 0.5) is 17.3 Å². The lowest BCUT2D eigenvalue weighted by molar-refractivity contribution is 0.0932. The van der Waals surface area contributed by atoms with E-state index in [1.807, 2.05) is 6.07 Å². The quantitative estimate of drug-likeness (QED) is 0.471. The van der Waals surface area contributed by atoms with E-state index in [0.29, 0.717) is 21.7 Å². The number of fused-ring (bicyclic) bond motifs is 1. The lowest BCUT2D eigenvalue weighted by Crippen LogP contribution is -2.39. The minimum atomic E-state index is -0.328. The minimum Gasteiger partial charge on any atom is -0.455 e. The standard InChI is InChI=1S/C26H26Cl2N6O2/c1-33(2)14-17-12-18(6-7-19(17)16-8-10-29-11-9-16)31-26-30-13-20-24(32-26)36-15-34(25(20)35)23-21(27)4-3-5-22(23)28/h3-8,12-13,29H,9-11,14-15H2,1-2H3,(H,30,31,32). The second-order valence-corrected chi connectivity index (χ2v) is 9.72. The third-order valence-electron chi connectivity index (χ3n) is 6.03. The van der Waals surface area contributed by atoms with Crippen molar-refractivity contribution >= 4 is 52.0 Å². The Kier molecular flexibility index (Phi) is 7.11. The Labute approximate surface area is 219 Å². The zero-order valence-corrected chi connectivity index (χ0v) is 21.5. The topological polar surface area (TPSA) is 82.6 Å². The molecule has 0 unspecified atom stereocenters. The van der Waals surface area contributed by atoms with Crippen LogP contribution in [0.25, 0.3) is 5.57 Å². The fraction of sp³-hybridized carbons (Fsp3) is 0.269. The monoisotopic (exact) mass is 524 g/mol. The van der Waals surface area contributed by atoms with Crippen LogP contribution in [-0.4, -0.2) is 54.7 Å². The second-order valence-electron chi connectivity index (χ2n) is 8.91. The number of para-hydroxylation sites is 1. The molecule has 0 aliphatic carbocycles. The van der Waals surface area contributed by atoms with Crippen LogP contribution in [0, 0.1) is 0 Å². The molecule has 8 nitrogen and oxygen atoms in total. The maximum absolute atomic E-state index is 13.1. The number of benzene rings is 2. The molecule has 0 bridgehead atoms. The largest absolute Gasteiger partial charge is 0.455 e. The number of aromatic nitrogens is 2. The summed E-state index contributed by atoms with van der Waals surface area (Å²) in [7, 11) is 4.11. The van der Waals surface area contributed by atoms with E-state index in [1.54, 1.807) is 18.2 Å². The van der Waals surface area contributed by atoms with Crippen molar-refractivity contribution in [2.24, 2.45) is 0 Å². The van der Waals surface area contributed by atoms with Gasteiger partial charge in [-0.25, -0.2) is 4.98 Å². The molecule has 2 aromatic carbocycles. The summed E-state index contributed by atoms with van der Waals surface area (Å²) >= 11 is 12.6. The number of hydrogen-bond acceptors (Lipinski definition) is 7. The highest BCUT2D eigenvalue weighted by atomic mass is 35.5. The molecule has 0 radical (unpaired) electrons. The van der Waals surface area contributed by atoms with Crippen LogP contribution in [0.5, 0.6) is 5.88 Å². The molecule has 1 aromatic heterocycles. The average Bonchev–Trinajstić information content (AvgIpc) is 2.85.